The molecule has 0 atom stereocenters. The standard InChI is InChI=1S/C9H8BrClN4OS/c10-6-3-5(11)1-2-7(6)16-4-8-14-15-9(13-12)17-8/h1-3H,4,12H2,(H,13,15). The van der Waals surface area contributed by atoms with Crippen LogP contribution in [0, 0.1) is 0 Å². The summed E-state index contributed by atoms with van der Waals surface area (Å²) in [6.45, 7) is 0.333. The van der Waals surface area contributed by atoms with Gasteiger partial charge in [0.2, 0.25) is 5.13 Å². The van der Waals surface area contributed by atoms with Crippen LogP contribution in [0.3, 0.4) is 0 Å². The van der Waals surface area contributed by atoms with Gasteiger partial charge in [0.25, 0.3) is 0 Å². The van der Waals surface area contributed by atoms with Crippen molar-refractivity contribution in [1.82, 2.24) is 10.2 Å². The van der Waals surface area contributed by atoms with Crippen molar-refractivity contribution in [3.05, 3.63) is 32.7 Å². The van der Waals surface area contributed by atoms with Crippen LogP contribution in [-0.4, -0.2) is 10.2 Å². The molecule has 0 spiro atoms. The number of nitrogen functional groups attached to an aromatic ring is 1. The summed E-state index contributed by atoms with van der Waals surface area (Å²) in [6.07, 6.45) is 0. The molecule has 1 aromatic carbocycles. The summed E-state index contributed by atoms with van der Waals surface area (Å²) in [5.41, 5.74) is 2.43. The number of nitrogens with two attached hydrogens (primary N) is 1. The van der Waals surface area contributed by atoms with Gasteiger partial charge in [-0.25, -0.2) is 5.84 Å². The van der Waals surface area contributed by atoms with Gasteiger partial charge in [0, 0.05) is 5.02 Å². The second-order valence-electron chi connectivity index (χ2n) is 3.01. The van der Waals surface area contributed by atoms with Crippen molar-refractivity contribution < 1.29 is 4.74 Å². The molecular formula is C9H8BrClN4OS. The highest BCUT2D eigenvalue weighted by atomic mass is 79.9. The molecule has 0 bridgehead atoms. The lowest BCUT2D eigenvalue weighted by molar-refractivity contribution is 0.302. The molecule has 2 aromatic rings. The second kappa shape index (κ2) is 5.63. The van der Waals surface area contributed by atoms with E-state index < -0.39 is 0 Å². The Labute approximate surface area is 115 Å². The SMILES string of the molecule is NNc1nnc(COc2ccc(Cl)cc2Br)s1. The Morgan fingerprint density at radius 1 is 1.47 bits per heavy atom. The van der Waals surface area contributed by atoms with Gasteiger partial charge in [-0.05, 0) is 34.1 Å². The molecule has 8 heteroatoms. The maximum absolute atomic E-state index is 5.83. The number of benzene rings is 1. The number of halogens is 2. The molecule has 0 fully saturated rings. The number of aromatic nitrogens is 2. The number of nitrogens with one attached hydrogen (secondary N) is 1. The Hall–Kier alpha value is -0.890. The zero-order valence-electron chi connectivity index (χ0n) is 8.48. The largest absolute Gasteiger partial charge is 0.485 e. The topological polar surface area (TPSA) is 73.1 Å². The van der Waals surface area contributed by atoms with Crippen LogP contribution in [0.5, 0.6) is 5.75 Å². The van der Waals surface area contributed by atoms with Crippen LogP contribution in [0.15, 0.2) is 22.7 Å². The summed E-state index contributed by atoms with van der Waals surface area (Å²) >= 11 is 10.5. The van der Waals surface area contributed by atoms with Crippen LogP contribution in [0.25, 0.3) is 0 Å². The third-order valence-electron chi connectivity index (χ3n) is 1.84. The van der Waals surface area contributed by atoms with Gasteiger partial charge in [-0.3, -0.25) is 5.43 Å². The molecule has 2 rings (SSSR count). The Morgan fingerprint density at radius 3 is 2.94 bits per heavy atom. The average Bonchev–Trinajstić information content (AvgIpc) is 2.76. The number of hydrogen-bond acceptors (Lipinski definition) is 6. The van der Waals surface area contributed by atoms with Crippen LogP contribution in [0.4, 0.5) is 5.13 Å². The minimum absolute atomic E-state index is 0.333. The molecule has 90 valence electrons. The summed E-state index contributed by atoms with van der Waals surface area (Å²) in [4.78, 5) is 0. The van der Waals surface area contributed by atoms with Crippen molar-refractivity contribution in [3.63, 3.8) is 0 Å². The fourth-order valence-corrected chi connectivity index (χ4v) is 2.46. The minimum Gasteiger partial charge on any atom is -0.485 e. The van der Waals surface area contributed by atoms with Crippen molar-refractivity contribution in [2.45, 2.75) is 6.61 Å². The first-order valence-electron chi connectivity index (χ1n) is 4.56. The molecule has 17 heavy (non-hydrogen) atoms. The quantitative estimate of drug-likeness (QED) is 0.664. The van der Waals surface area contributed by atoms with Crippen LogP contribution < -0.4 is 16.0 Å². The van der Waals surface area contributed by atoms with Gasteiger partial charge in [-0.1, -0.05) is 22.9 Å². The van der Waals surface area contributed by atoms with Gasteiger partial charge < -0.3 is 4.74 Å². The van der Waals surface area contributed by atoms with Crippen molar-refractivity contribution in [2.24, 2.45) is 5.84 Å². The lowest BCUT2D eigenvalue weighted by Crippen LogP contribution is -2.05. The van der Waals surface area contributed by atoms with E-state index in [1.165, 1.54) is 11.3 Å². The molecule has 0 saturated carbocycles. The van der Waals surface area contributed by atoms with E-state index in [-0.39, 0.29) is 0 Å². The Bertz CT molecular complexity index is 521. The maximum Gasteiger partial charge on any atom is 0.219 e. The van der Waals surface area contributed by atoms with Gasteiger partial charge in [-0.2, -0.15) is 0 Å². The van der Waals surface area contributed by atoms with E-state index in [0.717, 1.165) is 9.48 Å². The fourth-order valence-electron chi connectivity index (χ4n) is 1.10. The van der Waals surface area contributed by atoms with Gasteiger partial charge >= 0.3 is 0 Å². The molecule has 5 nitrogen and oxygen atoms in total. The molecule has 0 aliphatic heterocycles. The first-order valence-corrected chi connectivity index (χ1v) is 6.54. The summed E-state index contributed by atoms with van der Waals surface area (Å²) in [6, 6.07) is 5.31. The highest BCUT2D eigenvalue weighted by Crippen LogP contribution is 2.29. The van der Waals surface area contributed by atoms with Crippen molar-refractivity contribution >= 4 is 44.0 Å². The van der Waals surface area contributed by atoms with Crippen LogP contribution in [0.2, 0.25) is 5.02 Å². The monoisotopic (exact) mass is 334 g/mol. The molecule has 0 amide bonds. The summed E-state index contributed by atoms with van der Waals surface area (Å²) in [5.74, 6) is 5.91. The number of hydrazine groups is 1. The highest BCUT2D eigenvalue weighted by Gasteiger charge is 2.06. The predicted octanol–water partition coefficient (Wildman–Crippen LogP) is 2.82. The van der Waals surface area contributed by atoms with E-state index in [2.05, 4.69) is 31.6 Å². The van der Waals surface area contributed by atoms with E-state index in [1.807, 2.05) is 0 Å². The second-order valence-corrected chi connectivity index (χ2v) is 5.36. The van der Waals surface area contributed by atoms with Gasteiger partial charge in [0.1, 0.15) is 12.4 Å². The molecule has 0 aliphatic rings. The van der Waals surface area contributed by atoms with Crippen molar-refractivity contribution in [1.29, 1.82) is 0 Å². The molecule has 0 saturated heterocycles. The third kappa shape index (κ3) is 3.29. The highest BCUT2D eigenvalue weighted by molar-refractivity contribution is 9.10. The summed E-state index contributed by atoms with van der Waals surface area (Å²) in [5, 5.41) is 9.65. The van der Waals surface area contributed by atoms with E-state index in [4.69, 9.17) is 22.2 Å². The lowest BCUT2D eigenvalue weighted by Gasteiger charge is -2.05. The minimum atomic E-state index is 0.333. The summed E-state index contributed by atoms with van der Waals surface area (Å²) in [7, 11) is 0. The first kappa shape index (κ1) is 12.6. The number of nitrogens with zero attached hydrogens (tertiary/aromatic N) is 2. The van der Waals surface area contributed by atoms with Crippen molar-refractivity contribution in [3.8, 4) is 5.75 Å². The first-order chi connectivity index (χ1) is 8.19. The Balaban J connectivity index is 2.02. The predicted molar refractivity (Wildman–Crippen MR) is 71.2 cm³/mol. The number of anilines is 1. The molecule has 3 N–H and O–H groups in total. The third-order valence-corrected chi connectivity index (χ3v) is 3.52. The molecule has 0 unspecified atom stereocenters. The van der Waals surface area contributed by atoms with Gasteiger partial charge in [0.05, 0.1) is 4.47 Å². The van der Waals surface area contributed by atoms with Crippen LogP contribution in [0.1, 0.15) is 5.01 Å². The number of rotatable bonds is 4. The fraction of sp³-hybridized carbons (Fsp3) is 0.111. The van der Waals surface area contributed by atoms with Crippen molar-refractivity contribution in [2.75, 3.05) is 5.43 Å². The van der Waals surface area contributed by atoms with Gasteiger partial charge in [-0.15, -0.1) is 10.2 Å². The normalized spacial score (nSPS) is 10.3. The van der Waals surface area contributed by atoms with Crippen LogP contribution >= 0.6 is 38.9 Å². The zero-order valence-corrected chi connectivity index (χ0v) is 11.6. The smallest absolute Gasteiger partial charge is 0.219 e. The lowest BCUT2D eigenvalue weighted by atomic mass is 10.3. The maximum atomic E-state index is 5.83. The van der Waals surface area contributed by atoms with E-state index >= 15 is 0 Å². The van der Waals surface area contributed by atoms with E-state index in [0.29, 0.717) is 22.5 Å². The number of hydrogen-bond donors (Lipinski definition) is 2. The Kier molecular flexibility index (Phi) is 4.16. The van der Waals surface area contributed by atoms with E-state index in [1.54, 1.807) is 18.2 Å². The molecule has 0 radical (unpaired) electrons. The molecular weight excluding hydrogens is 328 g/mol. The number of ether oxygens (including phenoxy) is 1. The van der Waals surface area contributed by atoms with Crippen LogP contribution in [-0.2, 0) is 6.61 Å². The average molecular weight is 336 g/mol. The summed E-state index contributed by atoms with van der Waals surface area (Å²) < 4.78 is 6.37. The Morgan fingerprint density at radius 2 is 2.29 bits per heavy atom. The molecule has 0 aliphatic carbocycles. The van der Waals surface area contributed by atoms with Gasteiger partial charge in [0.15, 0.2) is 5.01 Å². The molecule has 1 aromatic heterocycles. The molecule has 1 heterocycles. The zero-order chi connectivity index (χ0) is 12.3. The van der Waals surface area contributed by atoms with E-state index in [9.17, 15) is 0 Å².